The van der Waals surface area contributed by atoms with E-state index in [1.54, 1.807) is 24.3 Å². The van der Waals surface area contributed by atoms with Gasteiger partial charge in [0.25, 0.3) is 5.91 Å². The largest absolute Gasteiger partial charge is 0.271 e. The zero-order chi connectivity index (χ0) is 19.9. The van der Waals surface area contributed by atoms with Crippen molar-refractivity contribution in [3.8, 4) is 0 Å². The third-order valence-electron chi connectivity index (χ3n) is 3.80. The van der Waals surface area contributed by atoms with Crippen molar-refractivity contribution in [2.45, 2.75) is 19.8 Å². The van der Waals surface area contributed by atoms with Gasteiger partial charge in [-0.05, 0) is 37.5 Å². The monoisotopic (exact) mass is 407 g/mol. The van der Waals surface area contributed by atoms with Crippen LogP contribution in [-0.2, 0) is 21.2 Å². The average Bonchev–Trinajstić information content (AvgIpc) is 2.63. The first kappa shape index (κ1) is 20.9. The van der Waals surface area contributed by atoms with E-state index >= 15 is 0 Å². The van der Waals surface area contributed by atoms with Gasteiger partial charge in [-0.3, -0.25) is 9.10 Å². The highest BCUT2D eigenvalue weighted by Crippen LogP contribution is 2.26. The predicted molar refractivity (Wildman–Crippen MR) is 110 cm³/mol. The molecule has 1 amide bonds. The number of para-hydroxylation sites is 1. The smallest absolute Gasteiger partial charge is 0.260 e. The molecule has 0 aromatic heterocycles. The van der Waals surface area contributed by atoms with Crippen LogP contribution in [0, 0.1) is 0 Å². The topological polar surface area (TPSA) is 78.8 Å². The fourth-order valence-electron chi connectivity index (χ4n) is 2.38. The molecule has 0 bridgehead atoms. The molecule has 0 saturated heterocycles. The minimum absolute atomic E-state index is 0.248. The maximum absolute atomic E-state index is 12.2. The number of sulfonamides is 1. The van der Waals surface area contributed by atoms with Gasteiger partial charge in [0.1, 0.15) is 6.54 Å². The molecule has 6 nitrogen and oxygen atoms in total. The number of rotatable bonds is 8. The van der Waals surface area contributed by atoms with Crippen LogP contribution in [0.25, 0.3) is 0 Å². The molecule has 144 valence electrons. The molecule has 0 atom stereocenters. The van der Waals surface area contributed by atoms with Gasteiger partial charge in [-0.15, -0.1) is 0 Å². The van der Waals surface area contributed by atoms with Crippen molar-refractivity contribution in [3.05, 3.63) is 65.2 Å². The van der Waals surface area contributed by atoms with Crippen LogP contribution < -0.4 is 9.73 Å². The fourth-order valence-corrected chi connectivity index (χ4v) is 3.54. The molecule has 2 aromatic carbocycles. The van der Waals surface area contributed by atoms with Crippen LogP contribution in [0.3, 0.4) is 0 Å². The molecular formula is C19H22ClN3O3S. The van der Waals surface area contributed by atoms with E-state index in [4.69, 9.17) is 11.6 Å². The molecule has 0 spiro atoms. The average molecular weight is 408 g/mol. The van der Waals surface area contributed by atoms with Crippen molar-refractivity contribution >= 4 is 38.9 Å². The van der Waals surface area contributed by atoms with Crippen LogP contribution in [-0.4, -0.2) is 32.8 Å². The molecule has 2 aromatic rings. The molecular weight excluding hydrogens is 386 g/mol. The summed E-state index contributed by atoms with van der Waals surface area (Å²) in [6.07, 6.45) is 2.52. The van der Waals surface area contributed by atoms with E-state index in [0.717, 1.165) is 22.7 Å². The second kappa shape index (κ2) is 9.53. The number of nitrogens with one attached hydrogen (secondary N) is 1. The highest BCUT2D eigenvalue weighted by Gasteiger charge is 2.22. The Morgan fingerprint density at radius 3 is 2.37 bits per heavy atom. The molecule has 2 rings (SSSR count). The van der Waals surface area contributed by atoms with Gasteiger partial charge in [-0.1, -0.05) is 54.1 Å². The molecule has 0 radical (unpaired) electrons. The molecule has 0 aliphatic rings. The Hall–Kier alpha value is -2.38. The molecule has 27 heavy (non-hydrogen) atoms. The summed E-state index contributed by atoms with van der Waals surface area (Å²) < 4.78 is 25.1. The first-order valence-corrected chi connectivity index (χ1v) is 10.6. The lowest BCUT2D eigenvalue weighted by Crippen LogP contribution is -2.39. The van der Waals surface area contributed by atoms with Gasteiger partial charge in [-0.2, -0.15) is 5.10 Å². The van der Waals surface area contributed by atoms with Crippen LogP contribution in [0.15, 0.2) is 59.7 Å². The minimum Gasteiger partial charge on any atom is -0.271 e. The first-order valence-electron chi connectivity index (χ1n) is 8.35. The summed E-state index contributed by atoms with van der Waals surface area (Å²) in [6.45, 7) is 1.41. The molecule has 0 aliphatic carbocycles. The van der Waals surface area contributed by atoms with Gasteiger partial charge in [-0.25, -0.2) is 13.8 Å². The second-order valence-electron chi connectivity index (χ2n) is 6.09. The van der Waals surface area contributed by atoms with Crippen LogP contribution in [0.4, 0.5) is 5.69 Å². The van der Waals surface area contributed by atoms with Crippen molar-refractivity contribution in [3.63, 3.8) is 0 Å². The Morgan fingerprint density at radius 1 is 1.11 bits per heavy atom. The van der Waals surface area contributed by atoms with Crippen molar-refractivity contribution in [1.82, 2.24) is 5.43 Å². The lowest BCUT2D eigenvalue weighted by Gasteiger charge is -2.22. The number of hydrazone groups is 1. The van der Waals surface area contributed by atoms with Gasteiger partial charge < -0.3 is 0 Å². The van der Waals surface area contributed by atoms with E-state index in [2.05, 4.69) is 10.5 Å². The summed E-state index contributed by atoms with van der Waals surface area (Å²) >= 11 is 6.07. The number of carbonyl (C=O) groups is 1. The minimum atomic E-state index is -3.68. The SMILES string of the molecule is C/C(CCc1ccccc1)=N/NC(=O)CN(c1ccccc1Cl)S(C)(=O)=O. The summed E-state index contributed by atoms with van der Waals surface area (Å²) in [5, 5.41) is 4.30. The Balaban J connectivity index is 1.98. The summed E-state index contributed by atoms with van der Waals surface area (Å²) in [6, 6.07) is 16.4. The summed E-state index contributed by atoms with van der Waals surface area (Å²) in [5.41, 5.74) is 4.59. The summed E-state index contributed by atoms with van der Waals surface area (Å²) in [4.78, 5) is 12.2. The van der Waals surface area contributed by atoms with Crippen LogP contribution in [0.1, 0.15) is 18.9 Å². The van der Waals surface area contributed by atoms with Gasteiger partial charge in [0, 0.05) is 5.71 Å². The third-order valence-corrected chi connectivity index (χ3v) is 5.24. The maximum atomic E-state index is 12.2. The zero-order valence-electron chi connectivity index (χ0n) is 15.2. The Morgan fingerprint density at radius 2 is 1.74 bits per heavy atom. The zero-order valence-corrected chi connectivity index (χ0v) is 16.8. The van der Waals surface area contributed by atoms with Gasteiger partial charge in [0.2, 0.25) is 10.0 Å². The number of aryl methyl sites for hydroxylation is 1. The number of benzene rings is 2. The third kappa shape index (κ3) is 6.69. The van der Waals surface area contributed by atoms with Crippen LogP contribution in [0.2, 0.25) is 5.02 Å². The maximum Gasteiger partial charge on any atom is 0.260 e. The molecule has 0 fully saturated rings. The number of halogens is 1. The van der Waals surface area contributed by atoms with Crippen molar-refractivity contribution in [1.29, 1.82) is 0 Å². The van der Waals surface area contributed by atoms with E-state index in [-0.39, 0.29) is 10.7 Å². The highest BCUT2D eigenvalue weighted by atomic mass is 35.5. The Labute approximate surface area is 164 Å². The second-order valence-corrected chi connectivity index (χ2v) is 8.40. The number of nitrogens with zero attached hydrogens (tertiary/aromatic N) is 2. The normalized spacial score (nSPS) is 11.9. The Kier molecular flexibility index (Phi) is 7.38. The van der Waals surface area contributed by atoms with Crippen LogP contribution in [0.5, 0.6) is 0 Å². The quantitative estimate of drug-likeness (QED) is 0.539. The fraction of sp³-hybridized carbons (Fsp3) is 0.263. The van der Waals surface area contributed by atoms with Crippen LogP contribution >= 0.6 is 11.6 Å². The van der Waals surface area contributed by atoms with E-state index in [1.807, 2.05) is 37.3 Å². The molecule has 0 saturated carbocycles. The molecule has 1 N–H and O–H groups in total. The van der Waals surface area contributed by atoms with E-state index in [1.165, 1.54) is 5.56 Å². The van der Waals surface area contributed by atoms with Crippen molar-refractivity contribution in [2.75, 3.05) is 17.1 Å². The number of hydrogen-bond acceptors (Lipinski definition) is 4. The number of hydrogen-bond donors (Lipinski definition) is 1. The first-order chi connectivity index (χ1) is 12.8. The standard InChI is InChI=1S/C19H22ClN3O3S/c1-15(12-13-16-8-4-3-5-9-16)21-22-19(24)14-23(27(2,25)26)18-11-7-6-10-17(18)20/h3-11H,12-14H2,1-2H3,(H,22,24)/b21-15-. The summed E-state index contributed by atoms with van der Waals surface area (Å²) in [7, 11) is -3.68. The predicted octanol–water partition coefficient (Wildman–Crippen LogP) is 3.23. The molecule has 0 unspecified atom stereocenters. The lowest BCUT2D eigenvalue weighted by molar-refractivity contribution is -0.119. The number of carbonyl (C=O) groups excluding carboxylic acids is 1. The van der Waals surface area contributed by atoms with E-state index in [9.17, 15) is 13.2 Å². The van der Waals surface area contributed by atoms with E-state index < -0.39 is 22.5 Å². The lowest BCUT2D eigenvalue weighted by atomic mass is 10.1. The Bertz CT molecular complexity index is 915. The highest BCUT2D eigenvalue weighted by molar-refractivity contribution is 7.92. The van der Waals surface area contributed by atoms with Gasteiger partial charge >= 0.3 is 0 Å². The number of amides is 1. The van der Waals surface area contributed by atoms with E-state index in [0.29, 0.717) is 6.42 Å². The molecule has 0 heterocycles. The van der Waals surface area contributed by atoms with Gasteiger partial charge in [0.05, 0.1) is 17.0 Å². The van der Waals surface area contributed by atoms with Crippen molar-refractivity contribution in [2.24, 2.45) is 5.10 Å². The van der Waals surface area contributed by atoms with Gasteiger partial charge in [0.15, 0.2) is 0 Å². The summed E-state index contributed by atoms with van der Waals surface area (Å²) in [5.74, 6) is -0.542. The number of anilines is 1. The molecule has 0 aliphatic heterocycles. The molecule has 8 heteroatoms. The van der Waals surface area contributed by atoms with Crippen molar-refractivity contribution < 1.29 is 13.2 Å².